The van der Waals surface area contributed by atoms with Crippen LogP contribution in [0, 0.1) is 0 Å². The average Bonchev–Trinajstić information content (AvgIpc) is 2.84. The summed E-state index contributed by atoms with van der Waals surface area (Å²) in [5.74, 6) is 0. The molecule has 2 aromatic rings. The van der Waals surface area contributed by atoms with Crippen LogP contribution in [0.4, 0.5) is 0 Å². The van der Waals surface area contributed by atoms with Crippen molar-refractivity contribution in [2.75, 3.05) is 6.61 Å². The standard InChI is InChI=1S/C12H12BrNO3S2/c13-10-6-7-18-12(10)19(16,17)14-11(8-15)9-4-2-1-3-5-9/h1-7,11,14-15H,8H2/t11-/m1/s1. The summed E-state index contributed by atoms with van der Waals surface area (Å²) in [6.07, 6.45) is 0. The number of aliphatic hydroxyl groups excluding tert-OH is 1. The van der Waals surface area contributed by atoms with E-state index in [-0.39, 0.29) is 10.8 Å². The lowest BCUT2D eigenvalue weighted by molar-refractivity contribution is 0.259. The Morgan fingerprint density at radius 2 is 1.95 bits per heavy atom. The summed E-state index contributed by atoms with van der Waals surface area (Å²) in [5, 5.41) is 11.1. The number of hydrogen-bond acceptors (Lipinski definition) is 4. The number of thiophene rings is 1. The van der Waals surface area contributed by atoms with E-state index in [1.54, 1.807) is 35.7 Å². The second-order valence-electron chi connectivity index (χ2n) is 3.82. The minimum atomic E-state index is -3.65. The maximum atomic E-state index is 12.2. The smallest absolute Gasteiger partial charge is 0.251 e. The molecule has 1 atom stereocenters. The highest BCUT2D eigenvalue weighted by Crippen LogP contribution is 2.28. The lowest BCUT2D eigenvalue weighted by Gasteiger charge is -2.16. The SMILES string of the molecule is O=S(=O)(N[C@H](CO)c1ccccc1)c1sccc1Br. The van der Waals surface area contributed by atoms with E-state index in [9.17, 15) is 13.5 Å². The van der Waals surface area contributed by atoms with Gasteiger partial charge in [-0.15, -0.1) is 11.3 Å². The second kappa shape index (κ2) is 6.15. The van der Waals surface area contributed by atoms with Crippen molar-refractivity contribution in [2.24, 2.45) is 0 Å². The summed E-state index contributed by atoms with van der Waals surface area (Å²) in [6.45, 7) is -0.299. The van der Waals surface area contributed by atoms with Crippen molar-refractivity contribution in [2.45, 2.75) is 10.3 Å². The van der Waals surface area contributed by atoms with Crippen LogP contribution in [0.2, 0.25) is 0 Å². The Morgan fingerprint density at radius 1 is 1.26 bits per heavy atom. The van der Waals surface area contributed by atoms with Crippen molar-refractivity contribution in [3.8, 4) is 0 Å². The Kier molecular flexibility index (Phi) is 4.75. The normalized spacial score (nSPS) is 13.4. The molecular weight excluding hydrogens is 350 g/mol. The number of nitrogens with one attached hydrogen (secondary N) is 1. The Balaban J connectivity index is 2.27. The van der Waals surface area contributed by atoms with Gasteiger partial charge >= 0.3 is 0 Å². The molecule has 0 unspecified atom stereocenters. The first-order valence-corrected chi connectivity index (χ1v) is 8.61. The Hall–Kier alpha value is -0.730. The van der Waals surface area contributed by atoms with Crippen LogP contribution in [0.15, 0.2) is 50.5 Å². The number of hydrogen-bond donors (Lipinski definition) is 2. The molecule has 7 heteroatoms. The van der Waals surface area contributed by atoms with E-state index in [0.29, 0.717) is 4.47 Å². The van der Waals surface area contributed by atoms with Gasteiger partial charge in [-0.25, -0.2) is 13.1 Å². The average molecular weight is 362 g/mol. The van der Waals surface area contributed by atoms with E-state index in [4.69, 9.17) is 0 Å². The number of halogens is 1. The molecule has 2 rings (SSSR count). The van der Waals surface area contributed by atoms with Crippen molar-refractivity contribution in [1.29, 1.82) is 0 Å². The van der Waals surface area contributed by atoms with Gasteiger partial charge in [-0.3, -0.25) is 0 Å². The molecule has 2 N–H and O–H groups in total. The number of sulfonamides is 1. The second-order valence-corrected chi connectivity index (χ2v) is 7.50. The van der Waals surface area contributed by atoms with Crippen LogP contribution in [0.25, 0.3) is 0 Å². The van der Waals surface area contributed by atoms with Crippen LogP contribution < -0.4 is 4.72 Å². The lowest BCUT2D eigenvalue weighted by Crippen LogP contribution is -2.30. The van der Waals surface area contributed by atoms with Crippen molar-refractivity contribution in [3.63, 3.8) is 0 Å². The fourth-order valence-corrected chi connectivity index (χ4v) is 5.18. The Bertz CT molecular complexity index is 640. The van der Waals surface area contributed by atoms with Gasteiger partial charge in [0.25, 0.3) is 10.0 Å². The molecule has 0 radical (unpaired) electrons. The van der Waals surface area contributed by atoms with Crippen LogP contribution in [0.1, 0.15) is 11.6 Å². The lowest BCUT2D eigenvalue weighted by atomic mass is 10.1. The zero-order valence-corrected chi connectivity index (χ0v) is 13.0. The van der Waals surface area contributed by atoms with E-state index in [1.807, 2.05) is 6.07 Å². The quantitative estimate of drug-likeness (QED) is 0.859. The Morgan fingerprint density at radius 3 is 2.47 bits per heavy atom. The van der Waals surface area contributed by atoms with Gasteiger partial charge in [0, 0.05) is 4.47 Å². The third kappa shape index (κ3) is 3.43. The van der Waals surface area contributed by atoms with E-state index in [1.165, 1.54) is 0 Å². The molecule has 0 saturated heterocycles. The summed E-state index contributed by atoms with van der Waals surface area (Å²) < 4.78 is 27.7. The van der Waals surface area contributed by atoms with Crippen LogP contribution in [0.3, 0.4) is 0 Å². The first kappa shape index (κ1) is 14.7. The molecular formula is C12H12BrNO3S2. The predicted molar refractivity (Wildman–Crippen MR) is 78.6 cm³/mol. The largest absolute Gasteiger partial charge is 0.394 e. The molecule has 0 fully saturated rings. The molecule has 1 aromatic carbocycles. The predicted octanol–water partition coefficient (Wildman–Crippen LogP) is 2.52. The fourth-order valence-electron chi connectivity index (χ4n) is 1.61. The molecule has 0 aliphatic carbocycles. The van der Waals surface area contributed by atoms with Gasteiger partial charge in [-0.05, 0) is 32.9 Å². The van der Waals surface area contributed by atoms with Gasteiger partial charge in [-0.2, -0.15) is 0 Å². The molecule has 0 aliphatic rings. The zero-order chi connectivity index (χ0) is 13.9. The van der Waals surface area contributed by atoms with Crippen LogP contribution in [-0.4, -0.2) is 20.1 Å². The monoisotopic (exact) mass is 361 g/mol. The van der Waals surface area contributed by atoms with Gasteiger partial charge in [0.1, 0.15) is 4.21 Å². The number of aliphatic hydroxyl groups is 1. The van der Waals surface area contributed by atoms with E-state index in [0.717, 1.165) is 16.9 Å². The van der Waals surface area contributed by atoms with Crippen LogP contribution in [-0.2, 0) is 10.0 Å². The highest BCUT2D eigenvalue weighted by molar-refractivity contribution is 9.10. The fraction of sp³-hybridized carbons (Fsp3) is 0.167. The molecule has 19 heavy (non-hydrogen) atoms. The summed E-state index contributed by atoms with van der Waals surface area (Å²) >= 11 is 4.32. The minimum Gasteiger partial charge on any atom is -0.394 e. The summed E-state index contributed by atoms with van der Waals surface area (Å²) in [5.41, 5.74) is 0.723. The minimum absolute atomic E-state index is 0.210. The molecule has 1 aromatic heterocycles. The first-order valence-electron chi connectivity index (χ1n) is 5.45. The van der Waals surface area contributed by atoms with Gasteiger partial charge in [0.15, 0.2) is 0 Å². The molecule has 1 heterocycles. The molecule has 102 valence electrons. The molecule has 0 bridgehead atoms. The van der Waals surface area contributed by atoms with E-state index >= 15 is 0 Å². The van der Waals surface area contributed by atoms with Crippen molar-refractivity contribution >= 4 is 37.3 Å². The maximum Gasteiger partial charge on any atom is 0.251 e. The highest BCUT2D eigenvalue weighted by Gasteiger charge is 2.23. The van der Waals surface area contributed by atoms with Crippen molar-refractivity contribution in [3.05, 3.63) is 51.8 Å². The number of rotatable bonds is 5. The van der Waals surface area contributed by atoms with Crippen LogP contribution in [0.5, 0.6) is 0 Å². The van der Waals surface area contributed by atoms with Crippen molar-refractivity contribution in [1.82, 2.24) is 4.72 Å². The zero-order valence-electron chi connectivity index (χ0n) is 9.78. The van der Waals surface area contributed by atoms with Gasteiger partial charge in [0.2, 0.25) is 0 Å². The topological polar surface area (TPSA) is 66.4 Å². The van der Waals surface area contributed by atoms with Crippen molar-refractivity contribution < 1.29 is 13.5 Å². The molecule has 0 saturated carbocycles. The molecule has 0 amide bonds. The summed E-state index contributed by atoms with van der Waals surface area (Å²) in [4.78, 5) is 0. The third-order valence-corrected chi connectivity index (χ3v) is 6.65. The molecule has 0 aliphatic heterocycles. The maximum absolute atomic E-state index is 12.2. The highest BCUT2D eigenvalue weighted by atomic mass is 79.9. The molecule has 4 nitrogen and oxygen atoms in total. The first-order chi connectivity index (χ1) is 9.04. The Labute approximate surface area is 124 Å². The van der Waals surface area contributed by atoms with Crippen LogP contribution >= 0.6 is 27.3 Å². The summed E-state index contributed by atoms with van der Waals surface area (Å²) in [6, 6.07) is 10.00. The van der Waals surface area contributed by atoms with E-state index < -0.39 is 16.1 Å². The third-order valence-electron chi connectivity index (χ3n) is 2.51. The summed E-state index contributed by atoms with van der Waals surface area (Å²) in [7, 11) is -3.65. The van der Waals surface area contributed by atoms with Gasteiger partial charge < -0.3 is 5.11 Å². The van der Waals surface area contributed by atoms with Gasteiger partial charge in [0.05, 0.1) is 12.6 Å². The van der Waals surface area contributed by atoms with E-state index in [2.05, 4.69) is 20.7 Å². The van der Waals surface area contributed by atoms with Gasteiger partial charge in [-0.1, -0.05) is 30.3 Å². The molecule has 0 spiro atoms. The number of benzene rings is 1.